The molecule has 1 aliphatic carbocycles. The lowest BCUT2D eigenvalue weighted by atomic mass is 9.99. The van der Waals surface area contributed by atoms with Crippen molar-refractivity contribution in [2.75, 3.05) is 0 Å². The summed E-state index contributed by atoms with van der Waals surface area (Å²) in [6, 6.07) is 0.646. The predicted molar refractivity (Wildman–Crippen MR) is 129 cm³/mol. The van der Waals surface area contributed by atoms with Gasteiger partial charge in [0.1, 0.15) is 22.8 Å². The topological polar surface area (TPSA) is 75.8 Å². The molecule has 4 N–H and O–H groups in total. The molecule has 0 heterocycles. The van der Waals surface area contributed by atoms with E-state index in [2.05, 4.69) is 0 Å². The summed E-state index contributed by atoms with van der Waals surface area (Å²) in [4.78, 5) is 0. The van der Waals surface area contributed by atoms with E-state index < -0.39 is 155 Å². The molecule has 0 amide bonds. The standard InChI is InChI=1S/C28H4F21N3/c29-12-4(13(30)19(36)9(18(12)35)26(41,42)43)2(1-50)3-5(24(51)7-14(31)20(37)10(27(44,45)46)21(38)15(7)32)6(3)25(52)8-16(33)22(39)11(28(47,48)49)23(40)17(8)34/h51-52H2/b3-2-,24-5?,25-6+. The van der Waals surface area contributed by atoms with Crippen LogP contribution in [0.5, 0.6) is 0 Å². The second-order valence-corrected chi connectivity index (χ2v) is 9.95. The number of alkyl halides is 9. The van der Waals surface area contributed by atoms with E-state index in [9.17, 15) is 97.5 Å². The van der Waals surface area contributed by atoms with Crippen LogP contribution in [0.4, 0.5) is 92.2 Å². The number of benzene rings is 3. The average Bonchev–Trinajstić information content (AvgIpc) is 3.73. The summed E-state index contributed by atoms with van der Waals surface area (Å²) in [5.41, 5.74) is -18.4. The molecule has 3 nitrogen and oxygen atoms in total. The van der Waals surface area contributed by atoms with E-state index in [1.807, 2.05) is 0 Å². The predicted octanol–water partition coefficient (Wildman–Crippen LogP) is 9.44. The number of nitriles is 1. The lowest BCUT2D eigenvalue weighted by Crippen LogP contribution is -2.18. The molecule has 0 bridgehead atoms. The summed E-state index contributed by atoms with van der Waals surface area (Å²) in [5.74, 6) is -38.5. The second-order valence-electron chi connectivity index (χ2n) is 9.95. The first-order valence-corrected chi connectivity index (χ1v) is 12.5. The summed E-state index contributed by atoms with van der Waals surface area (Å²) >= 11 is 0. The molecule has 1 fully saturated rings. The maximum absolute atomic E-state index is 14.9. The van der Waals surface area contributed by atoms with Crippen LogP contribution in [0, 0.1) is 81.1 Å². The van der Waals surface area contributed by atoms with E-state index in [0.717, 1.165) is 0 Å². The lowest BCUT2D eigenvalue weighted by molar-refractivity contribution is -0.144. The summed E-state index contributed by atoms with van der Waals surface area (Å²) in [7, 11) is 0. The highest BCUT2D eigenvalue weighted by Crippen LogP contribution is 2.56. The molecule has 0 aromatic heterocycles. The minimum atomic E-state index is -6.23. The van der Waals surface area contributed by atoms with Gasteiger partial charge in [0, 0.05) is 16.7 Å². The molecule has 3 aromatic rings. The third-order valence-electron chi connectivity index (χ3n) is 7.02. The molecule has 24 heteroatoms. The Morgan fingerprint density at radius 1 is 0.365 bits per heavy atom. The molecule has 0 radical (unpaired) electrons. The molecule has 0 atom stereocenters. The monoisotopic (exact) mass is 781 g/mol. The van der Waals surface area contributed by atoms with E-state index in [-0.39, 0.29) is 0 Å². The Labute approximate surface area is 271 Å². The van der Waals surface area contributed by atoms with Crippen LogP contribution in [-0.2, 0) is 18.5 Å². The third kappa shape index (κ3) is 5.80. The van der Waals surface area contributed by atoms with Crippen molar-refractivity contribution in [3.05, 3.63) is 120 Å². The van der Waals surface area contributed by atoms with Gasteiger partial charge in [-0.3, -0.25) is 0 Å². The minimum absolute atomic E-state index is 0.646. The van der Waals surface area contributed by atoms with E-state index in [1.54, 1.807) is 0 Å². The molecule has 278 valence electrons. The van der Waals surface area contributed by atoms with E-state index in [0.29, 0.717) is 6.07 Å². The Morgan fingerprint density at radius 3 is 0.769 bits per heavy atom. The van der Waals surface area contributed by atoms with Crippen LogP contribution in [0.3, 0.4) is 0 Å². The van der Waals surface area contributed by atoms with E-state index in [4.69, 9.17) is 11.5 Å². The number of hydrogen-bond acceptors (Lipinski definition) is 3. The van der Waals surface area contributed by atoms with Crippen molar-refractivity contribution in [2.45, 2.75) is 18.5 Å². The molecule has 0 spiro atoms. The third-order valence-corrected chi connectivity index (χ3v) is 7.02. The number of nitrogens with zero attached hydrogens (tertiary/aromatic N) is 1. The molecule has 0 saturated heterocycles. The van der Waals surface area contributed by atoms with Crippen LogP contribution in [0.15, 0.2) is 16.7 Å². The van der Waals surface area contributed by atoms with Crippen molar-refractivity contribution in [3.8, 4) is 6.07 Å². The van der Waals surface area contributed by atoms with Crippen LogP contribution in [0.2, 0.25) is 0 Å². The number of allylic oxidation sites excluding steroid dienone is 4. The molecule has 4 rings (SSSR count). The highest BCUT2D eigenvalue weighted by atomic mass is 19.4. The summed E-state index contributed by atoms with van der Waals surface area (Å²) in [6.45, 7) is 0. The molecule has 1 aliphatic rings. The fourth-order valence-electron chi connectivity index (χ4n) is 4.80. The Balaban J connectivity index is 2.29. The maximum atomic E-state index is 14.9. The molecule has 3 aromatic carbocycles. The van der Waals surface area contributed by atoms with Crippen molar-refractivity contribution in [3.63, 3.8) is 0 Å². The van der Waals surface area contributed by atoms with Crippen LogP contribution < -0.4 is 11.5 Å². The Morgan fingerprint density at radius 2 is 0.577 bits per heavy atom. The zero-order chi connectivity index (χ0) is 40.1. The maximum Gasteiger partial charge on any atom is 0.422 e. The largest absolute Gasteiger partial charge is 0.422 e. The van der Waals surface area contributed by atoms with Crippen LogP contribution in [-0.4, -0.2) is 0 Å². The zero-order valence-corrected chi connectivity index (χ0v) is 23.5. The number of halogens is 21. The summed E-state index contributed by atoms with van der Waals surface area (Å²) in [5, 5.41) is 9.62. The second kappa shape index (κ2) is 12.3. The van der Waals surface area contributed by atoms with Gasteiger partial charge in [0.2, 0.25) is 0 Å². The summed E-state index contributed by atoms with van der Waals surface area (Å²) in [6.07, 6.45) is -18.6. The highest BCUT2D eigenvalue weighted by molar-refractivity contribution is 6.08. The molecule has 0 unspecified atom stereocenters. The van der Waals surface area contributed by atoms with Gasteiger partial charge in [-0.2, -0.15) is 44.8 Å². The molecular formula is C28H4F21N3. The first kappa shape index (κ1) is 39.3. The Bertz CT molecular complexity index is 2050. The highest BCUT2D eigenvalue weighted by Gasteiger charge is 2.49. The first-order chi connectivity index (χ1) is 23.6. The molecule has 52 heavy (non-hydrogen) atoms. The normalized spacial score (nSPS) is 16.6. The van der Waals surface area contributed by atoms with Gasteiger partial charge < -0.3 is 11.5 Å². The fourth-order valence-corrected chi connectivity index (χ4v) is 4.80. The van der Waals surface area contributed by atoms with Crippen molar-refractivity contribution < 1.29 is 92.2 Å². The average molecular weight is 781 g/mol. The van der Waals surface area contributed by atoms with E-state index >= 15 is 0 Å². The fraction of sp³-hybridized carbons (Fsp3) is 0.107. The van der Waals surface area contributed by atoms with Crippen molar-refractivity contribution in [1.29, 1.82) is 5.26 Å². The Hall–Kier alpha value is -5.50. The number of rotatable bonds is 3. The van der Waals surface area contributed by atoms with Gasteiger partial charge in [-0.1, -0.05) is 0 Å². The van der Waals surface area contributed by atoms with Crippen molar-refractivity contribution in [1.82, 2.24) is 0 Å². The lowest BCUT2D eigenvalue weighted by Gasteiger charge is -2.14. The molecular weight excluding hydrogens is 777 g/mol. The SMILES string of the molecule is N#C/C(=C1\C(=C(N)c2c(F)c(F)c(C(F)(F)F)c(F)c2F)\C1=C(\N)c1c(F)c(F)c(C(F)(F)F)c(F)c1F)c1c(F)c(F)c(C(F)(F)F)c(F)c1F. The van der Waals surface area contributed by atoms with Crippen LogP contribution in [0.25, 0.3) is 17.0 Å². The van der Waals surface area contributed by atoms with Gasteiger partial charge in [-0.05, 0) is 0 Å². The van der Waals surface area contributed by atoms with Gasteiger partial charge >= 0.3 is 18.5 Å². The van der Waals surface area contributed by atoms with Crippen molar-refractivity contribution >= 4 is 17.0 Å². The summed E-state index contributed by atoms with van der Waals surface area (Å²) < 4.78 is 294. The van der Waals surface area contributed by atoms with Crippen molar-refractivity contribution in [2.24, 2.45) is 11.5 Å². The number of nitrogens with two attached hydrogens (primary N) is 2. The van der Waals surface area contributed by atoms with Crippen LogP contribution in [0.1, 0.15) is 33.4 Å². The van der Waals surface area contributed by atoms with E-state index in [1.165, 1.54) is 0 Å². The quantitative estimate of drug-likeness (QED) is 0.158. The van der Waals surface area contributed by atoms with Gasteiger partial charge in [-0.15, -0.1) is 0 Å². The van der Waals surface area contributed by atoms with Crippen LogP contribution >= 0.6 is 0 Å². The van der Waals surface area contributed by atoms with Gasteiger partial charge in [0.05, 0.1) is 33.7 Å². The van der Waals surface area contributed by atoms with Gasteiger partial charge in [-0.25, -0.2) is 52.7 Å². The first-order valence-electron chi connectivity index (χ1n) is 12.5. The molecule has 1 saturated carbocycles. The minimum Gasteiger partial charge on any atom is -0.398 e. The molecule has 0 aliphatic heterocycles. The zero-order valence-electron chi connectivity index (χ0n) is 23.5. The Kier molecular flexibility index (Phi) is 9.31. The van der Waals surface area contributed by atoms with Gasteiger partial charge in [0.25, 0.3) is 0 Å². The number of hydrogen-bond donors (Lipinski definition) is 2. The van der Waals surface area contributed by atoms with Gasteiger partial charge in [0.15, 0.2) is 69.8 Å². The smallest absolute Gasteiger partial charge is 0.398 e.